The number of aldehydes is 1. The first kappa shape index (κ1) is 35.5. The Balaban J connectivity index is 0.000000469. The number of hydrogen-bond donors (Lipinski definition) is 3. The maximum atomic E-state index is 12.4. The smallest absolute Gasteiger partial charge is 0.493 e. The number of aliphatic carboxylic acids is 1. The summed E-state index contributed by atoms with van der Waals surface area (Å²) in [7, 11) is 5.11. The molecule has 2 unspecified atom stereocenters. The van der Waals surface area contributed by atoms with Crippen LogP contribution in [0.1, 0.15) is 59.5 Å². The second kappa shape index (κ2) is 17.4. The predicted molar refractivity (Wildman–Crippen MR) is 160 cm³/mol. The summed E-state index contributed by atoms with van der Waals surface area (Å²) in [5, 5.41) is 14.2. The Morgan fingerprint density at radius 3 is 2.05 bits per heavy atom. The number of ether oxygens (including phenoxy) is 3. The number of methoxy groups -OCH3 is 2. The van der Waals surface area contributed by atoms with Gasteiger partial charge in [-0.2, -0.15) is 0 Å². The molecule has 2 atom stereocenters. The van der Waals surface area contributed by atoms with Gasteiger partial charge in [-0.1, -0.05) is 37.6 Å². The number of rotatable bonds is 14. The van der Waals surface area contributed by atoms with Crippen molar-refractivity contribution in [2.45, 2.75) is 44.4 Å². The van der Waals surface area contributed by atoms with E-state index in [4.69, 9.17) is 14.6 Å². The van der Waals surface area contributed by atoms with Crippen molar-refractivity contribution < 1.29 is 46.9 Å². The highest BCUT2D eigenvalue weighted by molar-refractivity contribution is 5.94. The molecule has 0 radical (unpaired) electrons. The van der Waals surface area contributed by atoms with Gasteiger partial charge in [-0.25, -0.2) is 0 Å². The number of benzene rings is 3. The van der Waals surface area contributed by atoms with Crippen molar-refractivity contribution in [1.29, 1.82) is 0 Å². The zero-order valence-corrected chi connectivity index (χ0v) is 24.9. The molecule has 44 heavy (non-hydrogen) atoms. The van der Waals surface area contributed by atoms with E-state index in [0.29, 0.717) is 17.5 Å². The lowest BCUT2D eigenvalue weighted by molar-refractivity contribution is -0.274. The summed E-state index contributed by atoms with van der Waals surface area (Å²) in [6.07, 6.45) is -2.79. The molecule has 9 nitrogen and oxygen atoms in total. The molecule has 0 fully saturated rings. The maximum Gasteiger partial charge on any atom is 0.573 e. The van der Waals surface area contributed by atoms with Crippen molar-refractivity contribution in [2.75, 3.05) is 33.1 Å². The van der Waals surface area contributed by atoms with Gasteiger partial charge >= 0.3 is 12.3 Å². The molecule has 0 bridgehead atoms. The topological polar surface area (TPSA) is 123 Å². The van der Waals surface area contributed by atoms with Crippen LogP contribution >= 0.6 is 0 Å². The van der Waals surface area contributed by atoms with Crippen molar-refractivity contribution in [2.24, 2.45) is 0 Å². The molecule has 0 heterocycles. The van der Waals surface area contributed by atoms with Crippen molar-refractivity contribution in [3.05, 3.63) is 83.4 Å². The summed E-state index contributed by atoms with van der Waals surface area (Å²) in [6.45, 7) is 1.97. The number of anilines is 1. The van der Waals surface area contributed by atoms with Gasteiger partial charge in [-0.05, 0) is 59.9 Å². The Kier molecular flexibility index (Phi) is 14.0. The summed E-state index contributed by atoms with van der Waals surface area (Å²) in [5.41, 5.74) is 2.73. The highest BCUT2D eigenvalue weighted by Gasteiger charge is 2.31. The molecule has 0 saturated carbocycles. The Bertz CT molecular complexity index is 1350. The van der Waals surface area contributed by atoms with E-state index < -0.39 is 24.2 Å². The van der Waals surface area contributed by atoms with E-state index in [2.05, 4.69) is 15.4 Å². The molecule has 3 aromatic rings. The zero-order chi connectivity index (χ0) is 32.7. The molecule has 0 aliphatic heterocycles. The van der Waals surface area contributed by atoms with Crippen molar-refractivity contribution in [3.8, 4) is 17.2 Å². The third-order valence-corrected chi connectivity index (χ3v) is 6.58. The fourth-order valence-corrected chi connectivity index (χ4v) is 4.42. The average Bonchev–Trinajstić information content (AvgIpc) is 3.00. The molecule has 12 heteroatoms. The van der Waals surface area contributed by atoms with Gasteiger partial charge in [0, 0.05) is 36.8 Å². The molecule has 0 aliphatic rings. The molecule has 3 rings (SSSR count). The lowest BCUT2D eigenvalue weighted by Crippen LogP contribution is -2.26. The first-order valence-electron chi connectivity index (χ1n) is 13.8. The number of amides is 1. The molecule has 0 spiro atoms. The number of carboxylic acids is 1. The summed E-state index contributed by atoms with van der Waals surface area (Å²) in [6, 6.07) is 17.5. The van der Waals surface area contributed by atoms with Gasteiger partial charge in [0.1, 0.15) is 12.0 Å². The molecule has 0 saturated heterocycles. The van der Waals surface area contributed by atoms with Crippen molar-refractivity contribution >= 4 is 23.9 Å². The van der Waals surface area contributed by atoms with Crippen LogP contribution in [0.2, 0.25) is 0 Å². The van der Waals surface area contributed by atoms with Gasteiger partial charge in [0.25, 0.3) is 5.91 Å². The minimum Gasteiger partial charge on any atom is -0.493 e. The van der Waals surface area contributed by atoms with Crippen LogP contribution < -0.4 is 24.8 Å². The predicted octanol–water partition coefficient (Wildman–Crippen LogP) is 6.40. The third kappa shape index (κ3) is 11.2. The van der Waals surface area contributed by atoms with Crippen LogP contribution in [-0.2, 0) is 9.59 Å². The molecule has 0 aliphatic carbocycles. The van der Waals surface area contributed by atoms with E-state index in [1.165, 1.54) is 24.3 Å². The van der Waals surface area contributed by atoms with Gasteiger partial charge in [-0.15, -0.1) is 13.2 Å². The lowest BCUT2D eigenvalue weighted by Gasteiger charge is -2.24. The van der Waals surface area contributed by atoms with Crippen molar-refractivity contribution in [1.82, 2.24) is 5.32 Å². The lowest BCUT2D eigenvalue weighted by atomic mass is 9.79. The van der Waals surface area contributed by atoms with Crippen LogP contribution in [0.25, 0.3) is 0 Å². The molecule has 3 N–H and O–H groups in total. The number of nitrogens with one attached hydrogen (secondary N) is 2. The summed E-state index contributed by atoms with van der Waals surface area (Å²) in [5.74, 6) is -1.13. The van der Waals surface area contributed by atoms with Crippen LogP contribution in [0.3, 0.4) is 0 Å². The van der Waals surface area contributed by atoms with Crippen LogP contribution in [0, 0.1) is 0 Å². The summed E-state index contributed by atoms with van der Waals surface area (Å²) < 4.78 is 51.2. The molecular weight excluding hydrogens is 581 g/mol. The number of halogens is 3. The fourth-order valence-electron chi connectivity index (χ4n) is 4.42. The van der Waals surface area contributed by atoms with E-state index in [1.54, 1.807) is 38.5 Å². The minimum absolute atomic E-state index is 0.00957. The van der Waals surface area contributed by atoms with Gasteiger partial charge < -0.3 is 34.7 Å². The molecule has 1 amide bonds. The van der Waals surface area contributed by atoms with Crippen LogP contribution in [0.15, 0.2) is 66.7 Å². The quantitative estimate of drug-likeness (QED) is 0.177. The largest absolute Gasteiger partial charge is 0.573 e. The zero-order valence-electron chi connectivity index (χ0n) is 24.9. The normalized spacial score (nSPS) is 12.1. The van der Waals surface area contributed by atoms with Crippen LogP contribution in [0.4, 0.5) is 18.9 Å². The first-order chi connectivity index (χ1) is 21.0. The number of hydrogen-bond acceptors (Lipinski definition) is 7. The number of alkyl halides is 3. The van der Waals surface area contributed by atoms with E-state index in [9.17, 15) is 27.6 Å². The Hall–Kier alpha value is -4.74. The first-order valence-corrected chi connectivity index (χ1v) is 13.8. The second-order valence-corrected chi connectivity index (χ2v) is 9.52. The molecule has 238 valence electrons. The van der Waals surface area contributed by atoms with Crippen LogP contribution in [-0.4, -0.2) is 57.4 Å². The van der Waals surface area contributed by atoms with E-state index in [-0.39, 0.29) is 24.6 Å². The van der Waals surface area contributed by atoms with Gasteiger partial charge in [0.2, 0.25) is 0 Å². The molecule has 0 aromatic heterocycles. The van der Waals surface area contributed by atoms with E-state index in [0.717, 1.165) is 35.5 Å². The minimum atomic E-state index is -4.79. The number of carbonyl (C=O) groups is 3. The molecular formula is C32H37F3N2O7. The van der Waals surface area contributed by atoms with Crippen LogP contribution in [0.5, 0.6) is 17.2 Å². The second-order valence-electron chi connectivity index (χ2n) is 9.52. The highest BCUT2D eigenvalue weighted by atomic mass is 19.4. The Labute approximate surface area is 254 Å². The average molecular weight is 619 g/mol. The Morgan fingerprint density at radius 1 is 0.932 bits per heavy atom. The Morgan fingerprint density at radius 2 is 1.55 bits per heavy atom. The number of carbonyl (C=O) groups excluding carboxylic acids is 2. The SMILES string of the molecule is CCCC(c1ccc(C(=O)NCCC(=O)O)cc1)C(C=O)c1ccc(OC(F)(F)F)cc1.CNc1ccc(OC)c(OC)c1. The fraction of sp³-hybridized carbons (Fsp3) is 0.344. The maximum absolute atomic E-state index is 12.4. The molecule has 3 aromatic carbocycles. The van der Waals surface area contributed by atoms with Gasteiger partial charge in [0.15, 0.2) is 11.5 Å². The van der Waals surface area contributed by atoms with Gasteiger partial charge in [0.05, 0.1) is 20.6 Å². The standard InChI is InChI=1S/C23H24F3NO5.C9H13NO2/c1-2-3-19(15-4-6-17(7-5-15)22(31)27-13-12-21(29)30)20(14-28)16-8-10-18(11-9-16)32-23(24,25)26;1-10-7-4-5-8(11-2)9(6-7)12-3/h4-11,14,19-20H,2-3,12-13H2,1H3,(H,27,31)(H,29,30);4-6,10H,1-3H3. The van der Waals surface area contributed by atoms with Gasteiger partial charge in [-0.3, -0.25) is 9.59 Å². The van der Waals surface area contributed by atoms with E-state index >= 15 is 0 Å². The van der Waals surface area contributed by atoms with E-state index in [1.807, 2.05) is 32.2 Å². The summed E-state index contributed by atoms with van der Waals surface area (Å²) >= 11 is 0. The monoisotopic (exact) mass is 618 g/mol. The van der Waals surface area contributed by atoms with Crippen molar-refractivity contribution in [3.63, 3.8) is 0 Å². The number of carboxylic acid groups (broad SMARTS) is 1. The summed E-state index contributed by atoms with van der Waals surface area (Å²) in [4.78, 5) is 34.6. The highest BCUT2D eigenvalue weighted by Crippen LogP contribution is 2.36. The third-order valence-electron chi connectivity index (χ3n) is 6.58.